The number of rotatable bonds is 2. The first kappa shape index (κ1) is 16.2. The SMILES string of the molecule is O=S1(=O)CC(O)C(N2CCC(O)(c3ccc(Cl)cc3)CC2)C1. The summed E-state index contributed by atoms with van der Waals surface area (Å²) < 4.78 is 23.3. The third kappa shape index (κ3) is 3.16. The van der Waals surface area contributed by atoms with E-state index in [1.54, 1.807) is 12.1 Å². The van der Waals surface area contributed by atoms with Gasteiger partial charge >= 0.3 is 0 Å². The van der Waals surface area contributed by atoms with Gasteiger partial charge in [-0.2, -0.15) is 0 Å². The topological polar surface area (TPSA) is 77.8 Å². The number of likely N-dealkylation sites (tertiary alicyclic amines) is 1. The van der Waals surface area contributed by atoms with Gasteiger partial charge in [0, 0.05) is 18.1 Å². The van der Waals surface area contributed by atoms with Crippen molar-refractivity contribution in [1.29, 1.82) is 0 Å². The molecule has 2 aliphatic heterocycles. The minimum absolute atomic E-state index is 0.00748. The van der Waals surface area contributed by atoms with E-state index in [0.29, 0.717) is 31.0 Å². The second-order valence-corrected chi connectivity index (χ2v) is 8.88. The molecule has 2 atom stereocenters. The molecule has 2 saturated heterocycles. The predicted octanol–water partition coefficient (Wildman–Crippen LogP) is 0.781. The first-order valence-corrected chi connectivity index (χ1v) is 9.60. The molecule has 2 unspecified atom stereocenters. The van der Waals surface area contributed by atoms with Gasteiger partial charge in [-0.15, -0.1) is 0 Å². The quantitative estimate of drug-likeness (QED) is 0.828. The molecule has 2 fully saturated rings. The summed E-state index contributed by atoms with van der Waals surface area (Å²) in [5.41, 5.74) is -0.0834. The van der Waals surface area contributed by atoms with Crippen LogP contribution in [0.5, 0.6) is 0 Å². The van der Waals surface area contributed by atoms with Crippen LogP contribution in [0.25, 0.3) is 0 Å². The van der Waals surface area contributed by atoms with Gasteiger partial charge < -0.3 is 10.2 Å². The maximum absolute atomic E-state index is 11.6. The van der Waals surface area contributed by atoms with E-state index in [1.807, 2.05) is 17.0 Å². The van der Waals surface area contributed by atoms with E-state index in [-0.39, 0.29) is 17.5 Å². The average Bonchev–Trinajstić information content (AvgIpc) is 2.73. The molecule has 3 rings (SSSR count). The molecule has 0 aromatic heterocycles. The minimum Gasteiger partial charge on any atom is -0.390 e. The summed E-state index contributed by atoms with van der Waals surface area (Å²) in [5, 5.41) is 21.4. The van der Waals surface area contributed by atoms with Crippen molar-refractivity contribution in [3.8, 4) is 0 Å². The van der Waals surface area contributed by atoms with Crippen molar-refractivity contribution < 1.29 is 18.6 Å². The van der Waals surface area contributed by atoms with Crippen LogP contribution in [0.4, 0.5) is 0 Å². The number of aliphatic hydroxyl groups is 2. The first-order chi connectivity index (χ1) is 10.3. The molecular weight excluding hydrogens is 326 g/mol. The molecule has 0 radical (unpaired) electrons. The largest absolute Gasteiger partial charge is 0.390 e. The number of aliphatic hydroxyl groups excluding tert-OH is 1. The van der Waals surface area contributed by atoms with Crippen LogP contribution in [0.3, 0.4) is 0 Å². The fraction of sp³-hybridized carbons (Fsp3) is 0.600. The Morgan fingerprint density at radius 2 is 1.73 bits per heavy atom. The van der Waals surface area contributed by atoms with Crippen molar-refractivity contribution in [2.24, 2.45) is 0 Å². The molecule has 1 aromatic carbocycles. The normalized spacial score (nSPS) is 31.2. The Labute approximate surface area is 135 Å². The van der Waals surface area contributed by atoms with Crippen molar-refractivity contribution >= 4 is 21.4 Å². The molecule has 5 nitrogen and oxygen atoms in total. The Kier molecular flexibility index (Phi) is 4.24. The van der Waals surface area contributed by atoms with Crippen LogP contribution < -0.4 is 0 Å². The monoisotopic (exact) mass is 345 g/mol. The van der Waals surface area contributed by atoms with Crippen LogP contribution in [0.15, 0.2) is 24.3 Å². The Morgan fingerprint density at radius 1 is 1.14 bits per heavy atom. The standard InChI is InChI=1S/C15H20ClNO4S/c16-12-3-1-11(2-4-12)15(19)5-7-17(8-6-15)13-9-22(20,21)10-14(13)18/h1-4,13-14,18-19H,5-10H2. The average molecular weight is 346 g/mol. The lowest BCUT2D eigenvalue weighted by molar-refractivity contribution is -0.0449. The van der Waals surface area contributed by atoms with Crippen LogP contribution in [-0.2, 0) is 15.4 Å². The summed E-state index contributed by atoms with van der Waals surface area (Å²) in [7, 11) is -3.15. The molecular formula is C15H20ClNO4S. The van der Waals surface area contributed by atoms with Gasteiger partial charge in [0.25, 0.3) is 0 Å². The smallest absolute Gasteiger partial charge is 0.154 e. The number of sulfone groups is 1. The molecule has 0 spiro atoms. The Hall–Kier alpha value is -0.660. The maximum atomic E-state index is 11.6. The van der Waals surface area contributed by atoms with Gasteiger partial charge in [-0.05, 0) is 30.5 Å². The van der Waals surface area contributed by atoms with E-state index >= 15 is 0 Å². The molecule has 22 heavy (non-hydrogen) atoms. The first-order valence-electron chi connectivity index (χ1n) is 7.40. The second-order valence-electron chi connectivity index (χ2n) is 6.29. The van der Waals surface area contributed by atoms with Crippen molar-refractivity contribution in [2.45, 2.75) is 30.6 Å². The zero-order chi connectivity index (χ0) is 16.0. The van der Waals surface area contributed by atoms with E-state index in [4.69, 9.17) is 11.6 Å². The number of halogens is 1. The summed E-state index contributed by atoms with van der Waals surface area (Å²) in [6, 6.07) is 6.82. The van der Waals surface area contributed by atoms with Crippen LogP contribution in [0, 0.1) is 0 Å². The van der Waals surface area contributed by atoms with Gasteiger partial charge in [0.1, 0.15) is 0 Å². The van der Waals surface area contributed by atoms with E-state index < -0.39 is 21.5 Å². The fourth-order valence-electron chi connectivity index (χ4n) is 3.43. The summed E-state index contributed by atoms with van der Waals surface area (Å²) in [5.74, 6) is -0.150. The zero-order valence-electron chi connectivity index (χ0n) is 12.2. The van der Waals surface area contributed by atoms with Gasteiger partial charge in [-0.3, -0.25) is 4.90 Å². The summed E-state index contributed by atoms with van der Waals surface area (Å²) in [4.78, 5) is 1.99. The van der Waals surface area contributed by atoms with Gasteiger partial charge in [-0.1, -0.05) is 23.7 Å². The van der Waals surface area contributed by atoms with E-state index in [9.17, 15) is 18.6 Å². The number of hydrogen-bond donors (Lipinski definition) is 2. The highest BCUT2D eigenvalue weighted by Gasteiger charge is 2.43. The lowest BCUT2D eigenvalue weighted by Crippen LogP contribution is -2.50. The molecule has 0 amide bonds. The molecule has 2 heterocycles. The molecule has 2 aliphatic rings. The number of nitrogens with zero attached hydrogens (tertiary/aromatic N) is 1. The predicted molar refractivity (Wildman–Crippen MR) is 84.6 cm³/mol. The van der Waals surface area contributed by atoms with Crippen LogP contribution >= 0.6 is 11.6 Å². The maximum Gasteiger partial charge on any atom is 0.154 e. The van der Waals surface area contributed by atoms with E-state index in [1.165, 1.54) is 0 Å². The molecule has 0 bridgehead atoms. The highest BCUT2D eigenvalue weighted by atomic mass is 35.5. The van der Waals surface area contributed by atoms with Gasteiger partial charge in [-0.25, -0.2) is 8.42 Å². The van der Waals surface area contributed by atoms with Crippen molar-refractivity contribution in [3.63, 3.8) is 0 Å². The Bertz CT molecular complexity index is 638. The van der Waals surface area contributed by atoms with Crippen LogP contribution in [0.2, 0.25) is 5.02 Å². The highest BCUT2D eigenvalue weighted by molar-refractivity contribution is 7.91. The molecule has 1 aromatic rings. The lowest BCUT2D eigenvalue weighted by Gasteiger charge is -2.41. The van der Waals surface area contributed by atoms with Crippen molar-refractivity contribution in [1.82, 2.24) is 4.90 Å². The molecule has 122 valence electrons. The van der Waals surface area contributed by atoms with Crippen molar-refractivity contribution in [3.05, 3.63) is 34.9 Å². The Balaban J connectivity index is 1.68. The van der Waals surface area contributed by atoms with Gasteiger partial charge in [0.15, 0.2) is 9.84 Å². The van der Waals surface area contributed by atoms with Crippen LogP contribution in [0.1, 0.15) is 18.4 Å². The molecule has 7 heteroatoms. The highest BCUT2D eigenvalue weighted by Crippen LogP contribution is 2.35. The number of benzene rings is 1. The third-order valence-corrected chi connectivity index (χ3v) is 6.72. The van der Waals surface area contributed by atoms with Crippen LogP contribution in [-0.4, -0.2) is 60.3 Å². The van der Waals surface area contributed by atoms with E-state index in [0.717, 1.165) is 5.56 Å². The fourth-order valence-corrected chi connectivity index (χ4v) is 5.39. The summed E-state index contributed by atoms with van der Waals surface area (Å²) >= 11 is 5.87. The van der Waals surface area contributed by atoms with E-state index in [2.05, 4.69) is 0 Å². The summed E-state index contributed by atoms with van der Waals surface area (Å²) in [6.45, 7) is 1.13. The number of hydrogen-bond acceptors (Lipinski definition) is 5. The second kappa shape index (κ2) is 5.76. The van der Waals surface area contributed by atoms with Gasteiger partial charge in [0.05, 0.1) is 29.3 Å². The van der Waals surface area contributed by atoms with Gasteiger partial charge in [0.2, 0.25) is 0 Å². The molecule has 2 N–H and O–H groups in total. The lowest BCUT2D eigenvalue weighted by atomic mass is 9.84. The molecule has 0 aliphatic carbocycles. The third-order valence-electron chi connectivity index (χ3n) is 4.77. The minimum atomic E-state index is -3.15. The Morgan fingerprint density at radius 3 is 2.23 bits per heavy atom. The van der Waals surface area contributed by atoms with Crippen molar-refractivity contribution in [2.75, 3.05) is 24.6 Å². The molecule has 0 saturated carbocycles. The number of piperidine rings is 1. The summed E-state index contributed by atoms with van der Waals surface area (Å²) in [6.07, 6.45) is 0.197. The zero-order valence-corrected chi connectivity index (χ0v) is 13.7.